The van der Waals surface area contributed by atoms with E-state index in [1.54, 1.807) is 24.3 Å². The van der Waals surface area contributed by atoms with Crippen molar-refractivity contribution < 1.29 is 14.4 Å². The first kappa shape index (κ1) is 17.4. The average Bonchev–Trinajstić information content (AvgIpc) is 2.72. The van der Waals surface area contributed by atoms with Gasteiger partial charge in [0, 0.05) is 17.4 Å². The topological polar surface area (TPSA) is 54.5 Å². The number of hydrogen-bond acceptors (Lipinski definition) is 3. The minimum absolute atomic E-state index is 0.00850. The Bertz CT molecular complexity index is 662. The van der Waals surface area contributed by atoms with Crippen LogP contribution < -0.4 is 4.90 Å². The first-order valence-corrected chi connectivity index (χ1v) is 7.94. The molecule has 1 aromatic rings. The molecule has 1 aromatic carbocycles. The Balaban J connectivity index is 2.38. The van der Waals surface area contributed by atoms with Gasteiger partial charge in [0.1, 0.15) is 0 Å². The lowest BCUT2D eigenvalue weighted by Gasteiger charge is -2.25. The minimum Gasteiger partial charge on any atom is -0.294 e. The van der Waals surface area contributed by atoms with E-state index in [0.29, 0.717) is 11.3 Å². The third-order valence-corrected chi connectivity index (χ3v) is 4.24. The molecule has 124 valence electrons. The molecule has 0 radical (unpaired) electrons. The summed E-state index contributed by atoms with van der Waals surface area (Å²) in [5, 5.41) is 0. The van der Waals surface area contributed by atoms with Crippen LogP contribution in [0.3, 0.4) is 0 Å². The highest BCUT2D eigenvalue weighted by Gasteiger charge is 2.45. The second kappa shape index (κ2) is 5.59. The Morgan fingerprint density at radius 2 is 1.70 bits per heavy atom. The first-order chi connectivity index (χ1) is 10.4. The number of hydrogen-bond donors (Lipinski definition) is 0. The predicted molar refractivity (Wildman–Crippen MR) is 90.3 cm³/mol. The summed E-state index contributed by atoms with van der Waals surface area (Å²) in [7, 11) is 0. The van der Waals surface area contributed by atoms with Crippen LogP contribution in [0.4, 0.5) is 5.69 Å². The van der Waals surface area contributed by atoms with Crippen LogP contribution in [0.5, 0.6) is 0 Å². The van der Waals surface area contributed by atoms with Crippen molar-refractivity contribution in [2.75, 3.05) is 4.90 Å². The van der Waals surface area contributed by atoms with Crippen LogP contribution >= 0.6 is 0 Å². The van der Waals surface area contributed by atoms with Crippen LogP contribution in [0.25, 0.3) is 0 Å². The van der Waals surface area contributed by atoms with Crippen LogP contribution in [0.15, 0.2) is 24.3 Å². The third-order valence-electron chi connectivity index (χ3n) is 4.24. The van der Waals surface area contributed by atoms with Crippen molar-refractivity contribution >= 4 is 23.3 Å². The fourth-order valence-electron chi connectivity index (χ4n) is 2.80. The Kier molecular flexibility index (Phi) is 4.22. The second-order valence-corrected chi connectivity index (χ2v) is 8.32. The van der Waals surface area contributed by atoms with Crippen molar-refractivity contribution in [2.45, 2.75) is 48.0 Å². The lowest BCUT2D eigenvalue weighted by Crippen LogP contribution is -2.34. The highest BCUT2D eigenvalue weighted by Crippen LogP contribution is 2.37. The highest BCUT2D eigenvalue weighted by molar-refractivity contribution is 6.21. The number of benzene rings is 1. The van der Waals surface area contributed by atoms with Gasteiger partial charge in [-0.1, -0.05) is 53.7 Å². The zero-order valence-electron chi connectivity index (χ0n) is 14.8. The largest absolute Gasteiger partial charge is 0.294 e. The van der Waals surface area contributed by atoms with Crippen LogP contribution in [-0.2, 0) is 9.59 Å². The molecule has 4 nitrogen and oxygen atoms in total. The van der Waals surface area contributed by atoms with Gasteiger partial charge in [0.15, 0.2) is 5.78 Å². The third kappa shape index (κ3) is 3.36. The molecule has 1 heterocycles. The predicted octanol–water partition coefficient (Wildman–Crippen LogP) is 3.84. The van der Waals surface area contributed by atoms with Gasteiger partial charge in [0.25, 0.3) is 0 Å². The van der Waals surface area contributed by atoms with Crippen molar-refractivity contribution in [3.8, 4) is 0 Å². The van der Waals surface area contributed by atoms with Crippen LogP contribution in [0.2, 0.25) is 0 Å². The van der Waals surface area contributed by atoms with Crippen LogP contribution in [0.1, 0.15) is 58.3 Å². The fraction of sp³-hybridized carbons (Fsp3) is 0.526. The Morgan fingerprint density at radius 3 is 2.17 bits per heavy atom. The Morgan fingerprint density at radius 1 is 1.09 bits per heavy atom. The number of amides is 2. The summed E-state index contributed by atoms with van der Waals surface area (Å²) in [5.41, 5.74) is 0.239. The lowest BCUT2D eigenvalue weighted by atomic mass is 9.80. The van der Waals surface area contributed by atoms with Gasteiger partial charge in [-0.15, -0.1) is 0 Å². The molecule has 1 aliphatic rings. The maximum absolute atomic E-state index is 12.7. The van der Waals surface area contributed by atoms with Crippen LogP contribution in [-0.4, -0.2) is 17.6 Å². The summed E-state index contributed by atoms with van der Waals surface area (Å²) < 4.78 is 0. The van der Waals surface area contributed by atoms with Gasteiger partial charge in [0.05, 0.1) is 11.6 Å². The molecule has 23 heavy (non-hydrogen) atoms. The molecule has 0 saturated carbocycles. The summed E-state index contributed by atoms with van der Waals surface area (Å²) in [6.45, 7) is 11.4. The normalized spacial score (nSPS) is 19.4. The van der Waals surface area contributed by atoms with Crippen molar-refractivity contribution in [3.05, 3.63) is 29.8 Å². The van der Waals surface area contributed by atoms with E-state index >= 15 is 0 Å². The molecule has 2 rings (SSSR count). The van der Waals surface area contributed by atoms with Crippen LogP contribution in [0, 0.1) is 16.7 Å². The zero-order valence-corrected chi connectivity index (χ0v) is 14.8. The molecule has 1 unspecified atom stereocenters. The molecular formula is C19H25NO3. The summed E-state index contributed by atoms with van der Waals surface area (Å²) in [6, 6.07) is 6.80. The number of ketones is 1. The highest BCUT2D eigenvalue weighted by atomic mass is 16.2. The van der Waals surface area contributed by atoms with Gasteiger partial charge in [-0.25, -0.2) is 0 Å². The fourth-order valence-corrected chi connectivity index (χ4v) is 2.80. The summed E-state index contributed by atoms with van der Waals surface area (Å²) in [6.07, 6.45) is 0.222. The molecular weight excluding hydrogens is 290 g/mol. The van der Waals surface area contributed by atoms with Gasteiger partial charge in [-0.3, -0.25) is 19.3 Å². The van der Waals surface area contributed by atoms with E-state index in [-0.39, 0.29) is 35.4 Å². The van der Waals surface area contributed by atoms with Crippen molar-refractivity contribution in [2.24, 2.45) is 16.7 Å². The van der Waals surface area contributed by atoms with E-state index in [2.05, 4.69) is 0 Å². The molecule has 1 aliphatic heterocycles. The van der Waals surface area contributed by atoms with E-state index in [0.717, 1.165) is 0 Å². The minimum atomic E-state index is -0.508. The second-order valence-electron chi connectivity index (χ2n) is 8.32. The number of carbonyl (C=O) groups excluding carboxylic acids is 3. The van der Waals surface area contributed by atoms with Gasteiger partial charge in [0.2, 0.25) is 11.8 Å². The molecule has 0 N–H and O–H groups in total. The van der Waals surface area contributed by atoms with E-state index < -0.39 is 5.41 Å². The molecule has 1 atom stereocenters. The quantitative estimate of drug-likeness (QED) is 0.615. The molecule has 2 amide bonds. The van der Waals surface area contributed by atoms with E-state index in [4.69, 9.17) is 0 Å². The SMILES string of the molecule is CC(C)(C)C(=O)c1cccc(N2C(=O)CC(C(C)(C)C)C2=O)c1. The smallest absolute Gasteiger partial charge is 0.237 e. The maximum Gasteiger partial charge on any atom is 0.237 e. The number of rotatable bonds is 2. The summed E-state index contributed by atoms with van der Waals surface area (Å²) in [5.74, 6) is -0.707. The van der Waals surface area contributed by atoms with E-state index in [9.17, 15) is 14.4 Å². The molecule has 1 fully saturated rings. The molecule has 0 spiro atoms. The molecule has 0 aliphatic carbocycles. The standard InChI is InChI=1S/C19H25NO3/c1-18(2,3)14-11-15(21)20(17(14)23)13-9-7-8-12(10-13)16(22)19(4,5)6/h7-10,14H,11H2,1-6H3. The number of anilines is 1. The molecule has 0 aromatic heterocycles. The molecule has 4 heteroatoms. The lowest BCUT2D eigenvalue weighted by molar-refractivity contribution is -0.123. The van der Waals surface area contributed by atoms with E-state index in [1.165, 1.54) is 4.90 Å². The van der Waals surface area contributed by atoms with Crippen molar-refractivity contribution in [1.29, 1.82) is 0 Å². The van der Waals surface area contributed by atoms with E-state index in [1.807, 2.05) is 41.5 Å². The monoisotopic (exact) mass is 315 g/mol. The summed E-state index contributed by atoms with van der Waals surface area (Å²) in [4.78, 5) is 38.7. The average molecular weight is 315 g/mol. The number of imide groups is 1. The van der Waals surface area contributed by atoms with Gasteiger partial charge >= 0.3 is 0 Å². The Hall–Kier alpha value is -1.97. The Labute approximate surface area is 137 Å². The van der Waals surface area contributed by atoms with Gasteiger partial charge in [-0.05, 0) is 17.5 Å². The van der Waals surface area contributed by atoms with Crippen molar-refractivity contribution in [1.82, 2.24) is 0 Å². The number of Topliss-reactive ketones (excluding diaryl/α,β-unsaturated/α-hetero) is 1. The first-order valence-electron chi connectivity index (χ1n) is 7.94. The van der Waals surface area contributed by atoms with Gasteiger partial charge in [-0.2, -0.15) is 0 Å². The number of carbonyl (C=O) groups is 3. The number of nitrogens with zero attached hydrogens (tertiary/aromatic N) is 1. The maximum atomic E-state index is 12.7. The van der Waals surface area contributed by atoms with Crippen molar-refractivity contribution in [3.63, 3.8) is 0 Å². The molecule has 1 saturated heterocycles. The molecule has 0 bridgehead atoms. The summed E-state index contributed by atoms with van der Waals surface area (Å²) >= 11 is 0. The zero-order chi connectivity index (χ0) is 17.6. The van der Waals surface area contributed by atoms with Gasteiger partial charge < -0.3 is 0 Å².